The highest BCUT2D eigenvalue weighted by molar-refractivity contribution is 5.97. The van der Waals surface area contributed by atoms with E-state index in [0.29, 0.717) is 16.7 Å². The number of ether oxygens (including phenoxy) is 1. The monoisotopic (exact) mass is 339 g/mol. The Labute approximate surface area is 144 Å². The van der Waals surface area contributed by atoms with Crippen molar-refractivity contribution in [3.63, 3.8) is 0 Å². The van der Waals surface area contributed by atoms with Crippen molar-refractivity contribution >= 4 is 22.4 Å². The predicted octanol–water partition coefficient (Wildman–Crippen LogP) is 2.04. The van der Waals surface area contributed by atoms with Crippen LogP contribution in [-0.4, -0.2) is 27.0 Å². The molecule has 0 saturated heterocycles. The number of hydrogen-bond acceptors (Lipinski definition) is 5. The van der Waals surface area contributed by atoms with E-state index in [0.717, 1.165) is 5.69 Å². The number of anilines is 1. The molecule has 0 unspecified atom stereocenters. The van der Waals surface area contributed by atoms with Gasteiger partial charge in [-0.15, -0.1) is 0 Å². The third-order valence-corrected chi connectivity index (χ3v) is 3.96. The molecule has 0 fully saturated rings. The third-order valence-electron chi connectivity index (χ3n) is 3.96. The Hall–Kier alpha value is -3.15. The van der Waals surface area contributed by atoms with E-state index in [1.165, 1.54) is 0 Å². The first-order valence-electron chi connectivity index (χ1n) is 7.79. The van der Waals surface area contributed by atoms with Gasteiger partial charge in [0, 0.05) is 37.3 Å². The van der Waals surface area contributed by atoms with E-state index < -0.39 is 5.63 Å². The van der Waals surface area contributed by atoms with Crippen molar-refractivity contribution in [1.82, 2.24) is 0 Å². The molecular weight excluding hydrogens is 320 g/mol. The van der Waals surface area contributed by atoms with Crippen LogP contribution in [0.4, 0.5) is 5.69 Å². The van der Waals surface area contributed by atoms with E-state index in [-0.39, 0.29) is 17.9 Å². The molecule has 0 aliphatic carbocycles. The quantitative estimate of drug-likeness (QED) is 0.404. The van der Waals surface area contributed by atoms with E-state index in [1.54, 1.807) is 48.3 Å². The van der Waals surface area contributed by atoms with Gasteiger partial charge in [-0.2, -0.15) is 4.57 Å². The van der Waals surface area contributed by atoms with Gasteiger partial charge < -0.3 is 14.1 Å². The lowest BCUT2D eigenvalue weighted by Crippen LogP contribution is -2.38. The Morgan fingerprint density at radius 1 is 1.16 bits per heavy atom. The number of Topliss-reactive ketones (excluding diaryl/α,β-unsaturated/α-hetero) is 1. The van der Waals surface area contributed by atoms with Crippen LogP contribution in [0.3, 0.4) is 0 Å². The Balaban J connectivity index is 1.90. The van der Waals surface area contributed by atoms with E-state index in [4.69, 9.17) is 9.15 Å². The molecule has 6 nitrogen and oxygen atoms in total. The first-order chi connectivity index (χ1) is 12.0. The molecule has 0 aliphatic rings. The SMILES string of the molecule is COc1ccc2oc(=O)c(C(=O)C[n+]3ccc(N(C)C)cc3)cc2c1. The van der Waals surface area contributed by atoms with Crippen molar-refractivity contribution in [2.45, 2.75) is 6.54 Å². The number of carbonyl (C=O) groups is 1. The zero-order chi connectivity index (χ0) is 18.0. The summed E-state index contributed by atoms with van der Waals surface area (Å²) >= 11 is 0. The standard InChI is InChI=1S/C19H19N2O4/c1-20(2)14-6-8-21(9-7-14)12-17(22)16-11-13-10-15(24-3)4-5-18(13)25-19(16)23/h4-11H,12H2,1-3H3/q+1. The number of aromatic nitrogens is 1. The van der Waals surface area contributed by atoms with Gasteiger partial charge in [0.2, 0.25) is 12.3 Å². The van der Waals surface area contributed by atoms with Gasteiger partial charge in [-0.05, 0) is 24.3 Å². The summed E-state index contributed by atoms with van der Waals surface area (Å²) < 4.78 is 12.1. The van der Waals surface area contributed by atoms with Gasteiger partial charge in [0.1, 0.15) is 16.9 Å². The Kier molecular flexibility index (Phi) is 4.52. The van der Waals surface area contributed by atoms with Crippen molar-refractivity contribution < 1.29 is 18.5 Å². The lowest BCUT2D eigenvalue weighted by Gasteiger charge is -2.10. The Morgan fingerprint density at radius 3 is 2.52 bits per heavy atom. The molecule has 25 heavy (non-hydrogen) atoms. The summed E-state index contributed by atoms with van der Waals surface area (Å²) in [7, 11) is 5.44. The van der Waals surface area contributed by atoms with Crippen LogP contribution in [0.15, 0.2) is 58.0 Å². The highest BCUT2D eigenvalue weighted by Crippen LogP contribution is 2.20. The summed E-state index contributed by atoms with van der Waals surface area (Å²) in [5.74, 6) is 0.328. The minimum absolute atomic E-state index is 0.0324. The number of pyridine rings is 1. The molecule has 3 rings (SSSR count). The number of benzene rings is 1. The first kappa shape index (κ1) is 16.7. The number of hydrogen-bond donors (Lipinski definition) is 0. The summed E-state index contributed by atoms with van der Waals surface area (Å²) in [5.41, 5.74) is 0.851. The van der Waals surface area contributed by atoms with Gasteiger partial charge >= 0.3 is 5.63 Å². The summed E-state index contributed by atoms with van der Waals surface area (Å²) in [6, 6.07) is 10.4. The molecule has 0 N–H and O–H groups in total. The average Bonchev–Trinajstić information content (AvgIpc) is 2.61. The molecule has 3 aromatic rings. The summed E-state index contributed by atoms with van der Waals surface area (Å²) in [6.45, 7) is 0.0634. The van der Waals surface area contributed by atoms with Crippen LogP contribution < -0.4 is 19.8 Å². The summed E-state index contributed by atoms with van der Waals surface area (Å²) in [6.07, 6.45) is 3.61. The van der Waals surface area contributed by atoms with Crippen LogP contribution in [0.25, 0.3) is 11.0 Å². The number of carbonyl (C=O) groups excluding carboxylic acids is 1. The fourth-order valence-corrected chi connectivity index (χ4v) is 2.53. The number of nitrogens with zero attached hydrogens (tertiary/aromatic N) is 2. The first-order valence-corrected chi connectivity index (χ1v) is 7.79. The molecule has 2 heterocycles. The third kappa shape index (κ3) is 3.52. The van der Waals surface area contributed by atoms with Crippen LogP contribution >= 0.6 is 0 Å². The molecule has 0 radical (unpaired) electrons. The van der Waals surface area contributed by atoms with Gasteiger partial charge in [0.15, 0.2) is 12.4 Å². The van der Waals surface area contributed by atoms with Crippen molar-refractivity contribution in [1.29, 1.82) is 0 Å². The second kappa shape index (κ2) is 6.76. The largest absolute Gasteiger partial charge is 0.497 e. The minimum atomic E-state index is -0.631. The molecule has 1 aromatic carbocycles. The molecule has 0 bridgehead atoms. The van der Waals surface area contributed by atoms with Crippen molar-refractivity contribution in [2.75, 3.05) is 26.1 Å². The highest BCUT2D eigenvalue weighted by atomic mass is 16.5. The molecule has 128 valence electrons. The predicted molar refractivity (Wildman–Crippen MR) is 94.3 cm³/mol. The van der Waals surface area contributed by atoms with Gasteiger partial charge in [-0.3, -0.25) is 4.79 Å². The molecule has 0 atom stereocenters. The lowest BCUT2D eigenvalue weighted by molar-refractivity contribution is -0.683. The van der Waals surface area contributed by atoms with Gasteiger partial charge in [0.05, 0.1) is 7.11 Å². The van der Waals surface area contributed by atoms with E-state index in [2.05, 4.69) is 0 Å². The number of ketones is 1. The second-order valence-electron chi connectivity index (χ2n) is 5.90. The van der Waals surface area contributed by atoms with E-state index in [9.17, 15) is 9.59 Å². The zero-order valence-corrected chi connectivity index (χ0v) is 14.4. The Morgan fingerprint density at radius 2 is 1.88 bits per heavy atom. The van der Waals surface area contributed by atoms with Crippen LogP contribution in [0, 0.1) is 0 Å². The molecule has 6 heteroatoms. The van der Waals surface area contributed by atoms with Crippen LogP contribution in [-0.2, 0) is 6.54 Å². The minimum Gasteiger partial charge on any atom is -0.497 e. The highest BCUT2D eigenvalue weighted by Gasteiger charge is 2.18. The lowest BCUT2D eigenvalue weighted by atomic mass is 10.1. The summed E-state index contributed by atoms with van der Waals surface area (Å²) in [5, 5.41) is 0.648. The molecule has 0 amide bonds. The van der Waals surface area contributed by atoms with Crippen molar-refractivity contribution in [2.24, 2.45) is 0 Å². The number of methoxy groups -OCH3 is 1. The van der Waals surface area contributed by atoms with E-state index >= 15 is 0 Å². The van der Waals surface area contributed by atoms with Gasteiger partial charge in [-0.25, -0.2) is 4.79 Å². The van der Waals surface area contributed by atoms with E-state index in [1.807, 2.05) is 31.1 Å². The number of rotatable bonds is 5. The Bertz CT molecular complexity index is 975. The fraction of sp³-hybridized carbons (Fsp3) is 0.211. The average molecular weight is 339 g/mol. The van der Waals surface area contributed by atoms with Crippen LogP contribution in [0.5, 0.6) is 5.75 Å². The topological polar surface area (TPSA) is 63.6 Å². The van der Waals surface area contributed by atoms with Gasteiger partial charge in [-0.1, -0.05) is 0 Å². The second-order valence-corrected chi connectivity index (χ2v) is 5.90. The fourth-order valence-electron chi connectivity index (χ4n) is 2.53. The maximum absolute atomic E-state index is 12.5. The van der Waals surface area contributed by atoms with Crippen LogP contribution in [0.1, 0.15) is 10.4 Å². The molecular formula is C19H19N2O4+. The van der Waals surface area contributed by atoms with Crippen molar-refractivity contribution in [3.8, 4) is 5.75 Å². The maximum Gasteiger partial charge on any atom is 0.347 e. The zero-order valence-electron chi connectivity index (χ0n) is 14.4. The molecule has 0 spiro atoms. The molecule has 2 aromatic heterocycles. The maximum atomic E-state index is 12.5. The molecule has 0 saturated carbocycles. The van der Waals surface area contributed by atoms with Crippen molar-refractivity contribution in [3.05, 3.63) is 64.8 Å². The smallest absolute Gasteiger partial charge is 0.347 e. The normalized spacial score (nSPS) is 10.7. The molecule has 0 aliphatic heterocycles. The van der Waals surface area contributed by atoms with Crippen LogP contribution in [0.2, 0.25) is 0 Å². The van der Waals surface area contributed by atoms with Gasteiger partial charge in [0.25, 0.3) is 0 Å². The summed E-state index contributed by atoms with van der Waals surface area (Å²) in [4.78, 5) is 26.6. The number of fused-ring (bicyclic) bond motifs is 1.